The topological polar surface area (TPSA) is 30.2 Å². The van der Waals surface area contributed by atoms with E-state index >= 15 is 4.39 Å². The lowest BCUT2D eigenvalue weighted by atomic mass is 10.1. The summed E-state index contributed by atoms with van der Waals surface area (Å²) in [6, 6.07) is 10.2. The van der Waals surface area contributed by atoms with Gasteiger partial charge in [-0.25, -0.2) is 13.8 Å². The van der Waals surface area contributed by atoms with Gasteiger partial charge in [0.1, 0.15) is 0 Å². The second kappa shape index (κ2) is 5.38. The molecule has 114 valence electrons. The van der Waals surface area contributed by atoms with Gasteiger partial charge >= 0.3 is 0 Å². The summed E-state index contributed by atoms with van der Waals surface area (Å²) in [6.07, 6.45) is 3.25. The van der Waals surface area contributed by atoms with Crippen LogP contribution in [0.3, 0.4) is 0 Å². The van der Waals surface area contributed by atoms with Crippen molar-refractivity contribution in [3.8, 4) is 0 Å². The Bertz CT molecular complexity index is 1030. The molecule has 0 N–H and O–H groups in total. The summed E-state index contributed by atoms with van der Waals surface area (Å²) in [7, 11) is 0. The molecule has 1 atom stereocenters. The predicted molar refractivity (Wildman–Crippen MR) is 87.5 cm³/mol. The van der Waals surface area contributed by atoms with E-state index in [1.54, 1.807) is 36.7 Å². The fourth-order valence-corrected chi connectivity index (χ4v) is 3.05. The van der Waals surface area contributed by atoms with Crippen LogP contribution in [0.5, 0.6) is 0 Å². The second-order valence-corrected chi connectivity index (χ2v) is 6.12. The largest absolute Gasteiger partial charge is 0.297 e. The van der Waals surface area contributed by atoms with Crippen LogP contribution < -0.4 is 0 Å². The van der Waals surface area contributed by atoms with Crippen LogP contribution in [-0.4, -0.2) is 14.4 Å². The predicted octanol–water partition coefficient (Wildman–Crippen LogP) is 4.84. The van der Waals surface area contributed by atoms with E-state index in [1.807, 2.05) is 6.07 Å². The summed E-state index contributed by atoms with van der Waals surface area (Å²) in [5.41, 5.74) is 1.67. The van der Waals surface area contributed by atoms with E-state index in [9.17, 15) is 4.39 Å². The molecule has 3 nitrogen and oxygen atoms in total. The van der Waals surface area contributed by atoms with Gasteiger partial charge in [0.25, 0.3) is 0 Å². The number of halogens is 3. The lowest BCUT2D eigenvalue weighted by Gasteiger charge is -2.10. The number of benzene rings is 1. The van der Waals surface area contributed by atoms with Crippen LogP contribution >= 0.6 is 15.9 Å². The van der Waals surface area contributed by atoms with Gasteiger partial charge < -0.3 is 0 Å². The zero-order valence-electron chi connectivity index (χ0n) is 11.7. The maximum absolute atomic E-state index is 15.0. The molecule has 23 heavy (non-hydrogen) atoms. The molecule has 0 bridgehead atoms. The first-order valence-electron chi connectivity index (χ1n) is 6.94. The zero-order valence-corrected chi connectivity index (χ0v) is 13.3. The first-order valence-corrected chi connectivity index (χ1v) is 7.73. The highest BCUT2D eigenvalue weighted by molar-refractivity contribution is 9.10. The Morgan fingerprint density at radius 2 is 2.00 bits per heavy atom. The van der Waals surface area contributed by atoms with Crippen LogP contribution in [0.25, 0.3) is 16.6 Å². The Morgan fingerprint density at radius 3 is 2.87 bits per heavy atom. The van der Waals surface area contributed by atoms with Crippen LogP contribution in [0.1, 0.15) is 17.4 Å². The molecule has 0 spiro atoms. The van der Waals surface area contributed by atoms with Crippen molar-refractivity contribution in [2.75, 3.05) is 0 Å². The lowest BCUT2D eigenvalue weighted by molar-refractivity contribution is 0.391. The van der Waals surface area contributed by atoms with Crippen LogP contribution in [0.15, 0.2) is 59.5 Å². The molecule has 3 heterocycles. The molecule has 0 amide bonds. The average molecular weight is 374 g/mol. The van der Waals surface area contributed by atoms with E-state index in [0.29, 0.717) is 10.0 Å². The van der Waals surface area contributed by atoms with E-state index in [1.165, 1.54) is 16.7 Å². The molecule has 0 aliphatic carbocycles. The van der Waals surface area contributed by atoms with Crippen molar-refractivity contribution in [2.24, 2.45) is 0 Å². The Balaban J connectivity index is 1.85. The average Bonchev–Trinajstić information content (AvgIpc) is 2.97. The van der Waals surface area contributed by atoms with Crippen molar-refractivity contribution < 1.29 is 8.78 Å². The fourth-order valence-electron chi connectivity index (χ4n) is 2.64. The molecule has 0 fully saturated rings. The van der Waals surface area contributed by atoms with Crippen molar-refractivity contribution in [3.05, 3.63) is 76.5 Å². The van der Waals surface area contributed by atoms with Crippen molar-refractivity contribution >= 4 is 32.5 Å². The van der Waals surface area contributed by atoms with E-state index < -0.39 is 12.0 Å². The smallest absolute Gasteiger partial charge is 0.173 e. The molecule has 3 aromatic heterocycles. The Kier molecular flexibility index (Phi) is 3.34. The van der Waals surface area contributed by atoms with Crippen molar-refractivity contribution in [1.82, 2.24) is 14.4 Å². The summed E-state index contributed by atoms with van der Waals surface area (Å²) >= 11 is 3.22. The monoisotopic (exact) mass is 373 g/mol. The third-order valence-electron chi connectivity index (χ3n) is 3.74. The van der Waals surface area contributed by atoms with E-state index in [2.05, 4.69) is 25.9 Å². The summed E-state index contributed by atoms with van der Waals surface area (Å²) in [4.78, 5) is 8.20. The summed E-state index contributed by atoms with van der Waals surface area (Å²) in [5, 5.41) is 0.855. The number of aromatic nitrogens is 3. The summed E-state index contributed by atoms with van der Waals surface area (Å²) in [5.74, 6) is -0.500. The van der Waals surface area contributed by atoms with Gasteiger partial charge in [0, 0.05) is 22.3 Å². The maximum Gasteiger partial charge on any atom is 0.173 e. The van der Waals surface area contributed by atoms with Crippen molar-refractivity contribution in [1.29, 1.82) is 0 Å². The molecule has 0 saturated carbocycles. The molecular formula is C17H10BrF2N3. The zero-order chi connectivity index (χ0) is 16.0. The lowest BCUT2D eigenvalue weighted by Crippen LogP contribution is -2.00. The highest BCUT2D eigenvalue weighted by Gasteiger charge is 2.19. The van der Waals surface area contributed by atoms with Crippen LogP contribution in [0, 0.1) is 5.82 Å². The first-order chi connectivity index (χ1) is 11.1. The molecule has 0 aliphatic heterocycles. The highest BCUT2D eigenvalue weighted by Crippen LogP contribution is 2.30. The van der Waals surface area contributed by atoms with Gasteiger partial charge in [-0.2, -0.15) is 0 Å². The molecule has 4 rings (SSSR count). The third-order valence-corrected chi connectivity index (χ3v) is 4.17. The van der Waals surface area contributed by atoms with Crippen LogP contribution in [-0.2, 0) is 0 Å². The van der Waals surface area contributed by atoms with Gasteiger partial charge in [-0.05, 0) is 45.8 Å². The molecular weight excluding hydrogens is 364 g/mol. The molecule has 0 saturated heterocycles. The number of hydrogen-bond donors (Lipinski definition) is 0. The summed E-state index contributed by atoms with van der Waals surface area (Å²) in [6.45, 7) is 0. The van der Waals surface area contributed by atoms with E-state index in [0.717, 1.165) is 10.9 Å². The van der Waals surface area contributed by atoms with Gasteiger partial charge in [-0.3, -0.25) is 9.38 Å². The number of pyridine rings is 2. The number of alkyl halides is 1. The number of nitrogens with zero attached hydrogens (tertiary/aromatic N) is 3. The molecule has 1 unspecified atom stereocenters. The minimum absolute atomic E-state index is 0.105. The van der Waals surface area contributed by atoms with E-state index in [-0.39, 0.29) is 11.3 Å². The fraction of sp³-hybridized carbons (Fsp3) is 0.0588. The van der Waals surface area contributed by atoms with Gasteiger partial charge in [-0.1, -0.05) is 12.1 Å². The molecule has 4 aromatic rings. The summed E-state index contributed by atoms with van der Waals surface area (Å²) < 4.78 is 30.8. The van der Waals surface area contributed by atoms with Gasteiger partial charge in [0.15, 0.2) is 17.6 Å². The van der Waals surface area contributed by atoms with Crippen LogP contribution in [0.4, 0.5) is 8.78 Å². The number of hydrogen-bond acceptors (Lipinski definition) is 2. The molecule has 0 aliphatic rings. The van der Waals surface area contributed by atoms with Crippen LogP contribution in [0.2, 0.25) is 0 Å². The maximum atomic E-state index is 15.0. The molecule has 6 heteroatoms. The third kappa shape index (κ3) is 2.39. The molecule has 1 aromatic carbocycles. The first kappa shape index (κ1) is 14.3. The minimum atomic E-state index is -1.41. The Labute approximate surface area is 138 Å². The number of fused-ring (bicyclic) bond motifs is 2. The van der Waals surface area contributed by atoms with Gasteiger partial charge in [0.2, 0.25) is 0 Å². The second-order valence-electron chi connectivity index (χ2n) is 5.20. The Hall–Kier alpha value is -2.34. The SMILES string of the molecule is Fc1cc(Br)cn2c(C(F)c3ccc4ncccc4c3)cnc12. The highest BCUT2D eigenvalue weighted by atomic mass is 79.9. The minimum Gasteiger partial charge on any atom is -0.297 e. The molecule has 0 radical (unpaired) electrons. The van der Waals surface area contributed by atoms with Gasteiger partial charge in [-0.15, -0.1) is 0 Å². The standard InChI is InChI=1S/C17H10BrF2N3/c18-12-7-13(19)17-22-8-15(23(17)9-12)16(20)11-3-4-14-10(6-11)2-1-5-21-14/h1-9,16H. The number of rotatable bonds is 2. The van der Waals surface area contributed by atoms with Crippen molar-refractivity contribution in [3.63, 3.8) is 0 Å². The van der Waals surface area contributed by atoms with Gasteiger partial charge in [0.05, 0.1) is 17.4 Å². The van der Waals surface area contributed by atoms with Crippen molar-refractivity contribution in [2.45, 2.75) is 6.17 Å². The Morgan fingerprint density at radius 1 is 1.13 bits per heavy atom. The normalized spacial score (nSPS) is 12.8. The van der Waals surface area contributed by atoms with E-state index in [4.69, 9.17) is 0 Å². The quantitative estimate of drug-likeness (QED) is 0.503. The number of imidazole rings is 1.